The third-order valence-corrected chi connectivity index (χ3v) is 4.30. The maximum absolute atomic E-state index is 2.53. The lowest BCUT2D eigenvalue weighted by Gasteiger charge is -2.44. The summed E-state index contributed by atoms with van der Waals surface area (Å²) in [5, 5.41) is 0. The van der Waals surface area contributed by atoms with E-state index in [1.54, 1.807) is 11.5 Å². The summed E-state index contributed by atoms with van der Waals surface area (Å²) < 4.78 is 0. The highest BCUT2D eigenvalue weighted by atomic mass is 14.4. The molecule has 0 saturated heterocycles. The lowest BCUT2D eigenvalue weighted by atomic mass is 9.60. The van der Waals surface area contributed by atoms with Crippen LogP contribution in [0.5, 0.6) is 0 Å². The second-order valence-corrected chi connectivity index (χ2v) is 6.07. The maximum atomic E-state index is 2.53. The molecule has 15 heavy (non-hydrogen) atoms. The maximum Gasteiger partial charge on any atom is 0.00897 e. The largest absolute Gasteiger partial charge is 0.0847 e. The van der Waals surface area contributed by atoms with E-state index in [4.69, 9.17) is 0 Å². The summed E-state index contributed by atoms with van der Waals surface area (Å²) in [6, 6.07) is 0. The first kappa shape index (κ1) is 11.2. The molecule has 2 aliphatic carbocycles. The van der Waals surface area contributed by atoms with Gasteiger partial charge >= 0.3 is 0 Å². The van der Waals surface area contributed by atoms with Gasteiger partial charge in [-0.25, -0.2) is 0 Å². The zero-order valence-electron chi connectivity index (χ0n) is 10.6. The van der Waals surface area contributed by atoms with Gasteiger partial charge in [0.1, 0.15) is 0 Å². The molecule has 0 heteroatoms. The van der Waals surface area contributed by atoms with Crippen LogP contribution in [0.3, 0.4) is 0 Å². The quantitative estimate of drug-likeness (QED) is 0.570. The highest BCUT2D eigenvalue weighted by molar-refractivity contribution is 5.32. The Morgan fingerprint density at radius 3 is 2.60 bits per heavy atom. The molecule has 1 atom stereocenters. The topological polar surface area (TPSA) is 0 Å². The summed E-state index contributed by atoms with van der Waals surface area (Å²) in [5.41, 5.74) is 2.19. The van der Waals surface area contributed by atoms with Crippen molar-refractivity contribution < 1.29 is 0 Å². The van der Waals surface area contributed by atoms with Crippen molar-refractivity contribution >= 4 is 0 Å². The molecular formula is C15H25. The van der Waals surface area contributed by atoms with Gasteiger partial charge in [0, 0.05) is 5.92 Å². The first-order valence-corrected chi connectivity index (χ1v) is 6.68. The van der Waals surface area contributed by atoms with Crippen LogP contribution in [0.2, 0.25) is 0 Å². The molecule has 0 heterocycles. The van der Waals surface area contributed by atoms with E-state index in [9.17, 15) is 0 Å². The number of hydrogen-bond acceptors (Lipinski definition) is 0. The Labute approximate surface area is 95.1 Å². The van der Waals surface area contributed by atoms with Gasteiger partial charge in [0.05, 0.1) is 0 Å². The molecular weight excluding hydrogens is 180 g/mol. The third-order valence-electron chi connectivity index (χ3n) is 4.30. The van der Waals surface area contributed by atoms with Crippen LogP contribution in [-0.2, 0) is 0 Å². The van der Waals surface area contributed by atoms with Crippen molar-refractivity contribution in [3.05, 3.63) is 17.6 Å². The fourth-order valence-electron chi connectivity index (χ4n) is 3.63. The van der Waals surface area contributed by atoms with Crippen molar-refractivity contribution in [2.24, 2.45) is 11.3 Å². The van der Waals surface area contributed by atoms with Crippen LogP contribution in [0.4, 0.5) is 0 Å². The molecule has 0 aliphatic heterocycles. The Morgan fingerprint density at radius 2 is 2.00 bits per heavy atom. The van der Waals surface area contributed by atoms with Gasteiger partial charge in [0.2, 0.25) is 0 Å². The Kier molecular flexibility index (Phi) is 3.23. The minimum atomic E-state index is 0.473. The molecule has 2 rings (SSSR count). The van der Waals surface area contributed by atoms with Gasteiger partial charge in [-0.3, -0.25) is 0 Å². The summed E-state index contributed by atoms with van der Waals surface area (Å²) >= 11 is 0. The smallest absolute Gasteiger partial charge is 0.00897 e. The summed E-state index contributed by atoms with van der Waals surface area (Å²) in [6.45, 7) is 7.34. The Morgan fingerprint density at radius 1 is 1.20 bits per heavy atom. The van der Waals surface area contributed by atoms with Crippen molar-refractivity contribution in [2.45, 2.75) is 65.7 Å². The van der Waals surface area contributed by atoms with Crippen molar-refractivity contribution in [2.75, 3.05) is 0 Å². The predicted molar refractivity (Wildman–Crippen MR) is 66.6 cm³/mol. The predicted octanol–water partition coefficient (Wildman–Crippen LogP) is 4.91. The highest BCUT2D eigenvalue weighted by Gasteiger charge is 2.39. The molecule has 2 aliphatic rings. The summed E-state index contributed by atoms with van der Waals surface area (Å²) in [6.07, 6.45) is 12.3. The molecule has 1 fully saturated rings. The van der Waals surface area contributed by atoms with E-state index in [1.807, 2.05) is 0 Å². The van der Waals surface area contributed by atoms with Crippen molar-refractivity contribution in [1.29, 1.82) is 0 Å². The van der Waals surface area contributed by atoms with Crippen LogP contribution < -0.4 is 0 Å². The van der Waals surface area contributed by atoms with Crippen molar-refractivity contribution in [1.82, 2.24) is 0 Å². The van der Waals surface area contributed by atoms with Gasteiger partial charge in [-0.2, -0.15) is 0 Å². The number of rotatable bonds is 1. The molecule has 0 nitrogen and oxygen atoms in total. The summed E-state index contributed by atoms with van der Waals surface area (Å²) in [7, 11) is 0. The van der Waals surface area contributed by atoms with E-state index in [2.05, 4.69) is 26.8 Å². The zero-order valence-corrected chi connectivity index (χ0v) is 10.6. The molecule has 0 aromatic carbocycles. The standard InChI is InChI=1S/C15H25/c1-12-8-7-11-15(2,3)14(12)13-9-5-4-6-10-13/h9,12H,4-8,10-11H2,1-3H3. The third kappa shape index (κ3) is 2.29. The van der Waals surface area contributed by atoms with E-state index < -0.39 is 0 Å². The number of allylic oxidation sites excluding steroid dienone is 2. The fraction of sp³-hybridized carbons (Fsp3) is 0.800. The van der Waals surface area contributed by atoms with Gasteiger partial charge < -0.3 is 0 Å². The highest BCUT2D eigenvalue weighted by Crippen LogP contribution is 2.50. The number of hydrogen-bond donors (Lipinski definition) is 0. The van der Waals surface area contributed by atoms with E-state index in [0.717, 1.165) is 5.92 Å². The van der Waals surface area contributed by atoms with Gasteiger partial charge in [-0.15, -0.1) is 0 Å². The Hall–Kier alpha value is -0.260. The summed E-state index contributed by atoms with van der Waals surface area (Å²) in [5.74, 6) is 2.63. The molecule has 1 unspecified atom stereocenters. The SMILES string of the molecule is CC1CCCC(C)(C)[C]1C1=CCCCC1. The zero-order chi connectivity index (χ0) is 10.9. The van der Waals surface area contributed by atoms with Gasteiger partial charge in [0.15, 0.2) is 0 Å². The lowest BCUT2D eigenvalue weighted by Crippen LogP contribution is -2.33. The molecule has 0 aromatic heterocycles. The molecule has 0 aromatic rings. The average molecular weight is 205 g/mol. The fourth-order valence-corrected chi connectivity index (χ4v) is 3.63. The van der Waals surface area contributed by atoms with Crippen molar-refractivity contribution in [3.8, 4) is 0 Å². The molecule has 1 saturated carbocycles. The summed E-state index contributed by atoms with van der Waals surface area (Å²) in [4.78, 5) is 0. The van der Waals surface area contributed by atoms with Crippen LogP contribution in [0, 0.1) is 17.3 Å². The molecule has 0 spiro atoms. The minimum absolute atomic E-state index is 0.473. The van der Waals surface area contributed by atoms with Gasteiger partial charge in [0.25, 0.3) is 0 Å². The second kappa shape index (κ2) is 4.31. The Balaban J connectivity index is 2.19. The molecule has 1 radical (unpaired) electrons. The lowest BCUT2D eigenvalue weighted by molar-refractivity contribution is 0.237. The van der Waals surface area contributed by atoms with Gasteiger partial charge in [-0.05, 0) is 49.9 Å². The average Bonchev–Trinajstić information content (AvgIpc) is 2.17. The van der Waals surface area contributed by atoms with Crippen LogP contribution in [0.1, 0.15) is 65.7 Å². The monoisotopic (exact) mass is 205 g/mol. The van der Waals surface area contributed by atoms with Crippen LogP contribution in [0.25, 0.3) is 0 Å². The van der Waals surface area contributed by atoms with Crippen molar-refractivity contribution in [3.63, 3.8) is 0 Å². The first-order valence-electron chi connectivity index (χ1n) is 6.68. The molecule has 85 valence electrons. The first-order chi connectivity index (χ1) is 7.11. The van der Waals surface area contributed by atoms with E-state index in [1.165, 1.54) is 44.9 Å². The van der Waals surface area contributed by atoms with Crippen LogP contribution in [-0.4, -0.2) is 0 Å². The second-order valence-electron chi connectivity index (χ2n) is 6.07. The van der Waals surface area contributed by atoms with E-state index in [0.29, 0.717) is 5.41 Å². The molecule has 0 N–H and O–H groups in total. The van der Waals surface area contributed by atoms with Gasteiger partial charge in [-0.1, -0.05) is 38.8 Å². The molecule has 0 bridgehead atoms. The van der Waals surface area contributed by atoms with Crippen LogP contribution >= 0.6 is 0 Å². The van der Waals surface area contributed by atoms with E-state index in [-0.39, 0.29) is 0 Å². The van der Waals surface area contributed by atoms with Crippen LogP contribution in [0.15, 0.2) is 11.6 Å². The normalized spacial score (nSPS) is 32.5. The Bertz CT molecular complexity index is 247. The van der Waals surface area contributed by atoms with E-state index >= 15 is 0 Å². The minimum Gasteiger partial charge on any atom is -0.0847 e. The molecule has 0 amide bonds.